The molecule has 4 nitrogen and oxygen atoms in total. The van der Waals surface area contributed by atoms with Crippen LogP contribution in [0.25, 0.3) is 0 Å². The van der Waals surface area contributed by atoms with Gasteiger partial charge in [-0.2, -0.15) is 0 Å². The van der Waals surface area contributed by atoms with Gasteiger partial charge in [0.2, 0.25) is 0 Å². The Kier molecular flexibility index (Phi) is 5.06. The van der Waals surface area contributed by atoms with Crippen LogP contribution in [0.1, 0.15) is 21.5 Å². The Morgan fingerprint density at radius 2 is 1.59 bits per heavy atom. The molecule has 0 saturated heterocycles. The highest BCUT2D eigenvalue weighted by Gasteiger charge is 2.06. The summed E-state index contributed by atoms with van der Waals surface area (Å²) in [4.78, 5) is 11.8. The van der Waals surface area contributed by atoms with Crippen LogP contribution in [-0.2, 0) is 0 Å². The molecule has 0 spiro atoms. The number of hydrogen-bond acceptors (Lipinski definition) is 2. The zero-order chi connectivity index (χ0) is 16.1. The van der Waals surface area contributed by atoms with Gasteiger partial charge in [-0.15, -0.1) is 0 Å². The van der Waals surface area contributed by atoms with Crippen molar-refractivity contribution in [1.82, 2.24) is 10.9 Å². The predicted molar refractivity (Wildman–Crippen MR) is 89.1 cm³/mol. The first-order valence-electron chi connectivity index (χ1n) is 6.65. The third-order valence-corrected chi connectivity index (χ3v) is 3.08. The van der Waals surface area contributed by atoms with Crippen LogP contribution in [0, 0.1) is 19.7 Å². The lowest BCUT2D eigenvalue weighted by Crippen LogP contribution is -2.43. The maximum Gasteiger partial charge on any atom is 0.269 e. The quantitative estimate of drug-likeness (QED) is 0.588. The minimum Gasteiger partial charge on any atom is -0.331 e. The van der Waals surface area contributed by atoms with E-state index in [1.807, 2.05) is 26.0 Å². The van der Waals surface area contributed by atoms with Gasteiger partial charge in [0.25, 0.3) is 5.91 Å². The van der Waals surface area contributed by atoms with Crippen molar-refractivity contribution in [3.05, 3.63) is 65.0 Å². The second-order valence-electron chi connectivity index (χ2n) is 4.92. The first-order valence-corrected chi connectivity index (χ1v) is 7.06. The Morgan fingerprint density at radius 1 is 1.00 bits per heavy atom. The van der Waals surface area contributed by atoms with Gasteiger partial charge in [-0.25, -0.2) is 4.39 Å². The Bertz CT molecular complexity index is 681. The van der Waals surface area contributed by atoms with Crippen molar-refractivity contribution >= 4 is 28.9 Å². The molecular weight excluding hydrogens is 301 g/mol. The minimum atomic E-state index is -0.399. The normalized spacial score (nSPS) is 9.95. The summed E-state index contributed by atoms with van der Waals surface area (Å²) in [5.41, 5.74) is 8.46. The molecule has 6 heteroatoms. The molecule has 0 fully saturated rings. The first-order chi connectivity index (χ1) is 10.4. The first kappa shape index (κ1) is 15.9. The van der Waals surface area contributed by atoms with E-state index in [0.717, 1.165) is 16.8 Å². The highest BCUT2D eigenvalue weighted by molar-refractivity contribution is 7.80. The van der Waals surface area contributed by atoms with Gasteiger partial charge in [0.15, 0.2) is 5.11 Å². The molecule has 2 rings (SSSR count). The Labute approximate surface area is 133 Å². The number of benzene rings is 2. The summed E-state index contributed by atoms with van der Waals surface area (Å²) in [5, 5.41) is 3.25. The molecular formula is C16H16FN3OS. The zero-order valence-electron chi connectivity index (χ0n) is 12.2. The summed E-state index contributed by atoms with van der Waals surface area (Å²) in [6, 6.07) is 11.2. The SMILES string of the molecule is Cc1cc(C)cc(NC(=S)NNC(=O)c2ccc(F)cc2)c1. The van der Waals surface area contributed by atoms with E-state index in [1.165, 1.54) is 24.3 Å². The van der Waals surface area contributed by atoms with E-state index in [1.54, 1.807) is 0 Å². The fourth-order valence-corrected chi connectivity index (χ4v) is 2.17. The summed E-state index contributed by atoms with van der Waals surface area (Å²) < 4.78 is 12.8. The molecule has 0 bridgehead atoms. The maximum absolute atomic E-state index is 12.8. The van der Waals surface area contributed by atoms with Crippen molar-refractivity contribution in [1.29, 1.82) is 0 Å². The second kappa shape index (κ2) is 7.00. The molecule has 0 aliphatic heterocycles. The molecule has 0 heterocycles. The number of hydrogen-bond donors (Lipinski definition) is 3. The van der Waals surface area contributed by atoms with E-state index in [0.29, 0.717) is 5.56 Å². The molecule has 0 radical (unpaired) electrons. The standard InChI is InChI=1S/C16H16FN3OS/c1-10-7-11(2)9-14(8-10)18-16(22)20-19-15(21)12-3-5-13(17)6-4-12/h3-9H,1-2H3,(H,19,21)(H2,18,20,22). The molecule has 0 aromatic heterocycles. The van der Waals surface area contributed by atoms with Crippen LogP contribution in [0.15, 0.2) is 42.5 Å². The van der Waals surface area contributed by atoms with E-state index in [2.05, 4.69) is 22.2 Å². The van der Waals surface area contributed by atoms with Gasteiger partial charge < -0.3 is 5.32 Å². The van der Waals surface area contributed by atoms with Gasteiger partial charge in [-0.1, -0.05) is 6.07 Å². The molecule has 0 atom stereocenters. The topological polar surface area (TPSA) is 53.2 Å². The van der Waals surface area contributed by atoms with Gasteiger partial charge in [0.05, 0.1) is 0 Å². The lowest BCUT2D eigenvalue weighted by Gasteiger charge is -2.12. The monoisotopic (exact) mass is 317 g/mol. The van der Waals surface area contributed by atoms with Crippen LogP contribution < -0.4 is 16.2 Å². The number of amides is 1. The van der Waals surface area contributed by atoms with E-state index in [9.17, 15) is 9.18 Å². The van der Waals surface area contributed by atoms with Crippen LogP contribution in [0.3, 0.4) is 0 Å². The number of halogens is 1. The number of thiocarbonyl (C=S) groups is 1. The smallest absolute Gasteiger partial charge is 0.269 e. The van der Waals surface area contributed by atoms with Crippen molar-refractivity contribution in [3.63, 3.8) is 0 Å². The third-order valence-electron chi connectivity index (χ3n) is 2.88. The Hall–Kier alpha value is -2.47. The van der Waals surface area contributed by atoms with Crippen LogP contribution >= 0.6 is 12.2 Å². The van der Waals surface area contributed by atoms with Crippen molar-refractivity contribution in [2.75, 3.05) is 5.32 Å². The molecule has 22 heavy (non-hydrogen) atoms. The van der Waals surface area contributed by atoms with E-state index in [-0.39, 0.29) is 5.11 Å². The number of rotatable bonds is 2. The van der Waals surface area contributed by atoms with E-state index < -0.39 is 11.7 Å². The number of carbonyl (C=O) groups is 1. The van der Waals surface area contributed by atoms with Crippen molar-refractivity contribution in [2.24, 2.45) is 0 Å². The number of aryl methyl sites for hydroxylation is 2. The van der Waals surface area contributed by atoms with Crippen molar-refractivity contribution in [2.45, 2.75) is 13.8 Å². The maximum atomic E-state index is 12.8. The minimum absolute atomic E-state index is 0.264. The molecule has 0 aliphatic carbocycles. The average molecular weight is 317 g/mol. The van der Waals surface area contributed by atoms with Crippen LogP contribution in [-0.4, -0.2) is 11.0 Å². The molecule has 0 unspecified atom stereocenters. The number of nitrogens with one attached hydrogen (secondary N) is 3. The van der Waals surface area contributed by atoms with E-state index >= 15 is 0 Å². The molecule has 0 saturated carbocycles. The highest BCUT2D eigenvalue weighted by Crippen LogP contribution is 2.13. The molecule has 2 aromatic carbocycles. The highest BCUT2D eigenvalue weighted by atomic mass is 32.1. The van der Waals surface area contributed by atoms with Gasteiger partial charge in [0.1, 0.15) is 5.82 Å². The van der Waals surface area contributed by atoms with Crippen LogP contribution in [0.5, 0.6) is 0 Å². The van der Waals surface area contributed by atoms with Crippen LogP contribution in [0.2, 0.25) is 0 Å². The molecule has 1 amide bonds. The Balaban J connectivity index is 1.89. The molecule has 0 aliphatic rings. The second-order valence-corrected chi connectivity index (χ2v) is 5.32. The van der Waals surface area contributed by atoms with Gasteiger partial charge in [-0.05, 0) is 73.6 Å². The third kappa shape index (κ3) is 4.53. The van der Waals surface area contributed by atoms with Gasteiger partial charge in [-0.3, -0.25) is 15.6 Å². The van der Waals surface area contributed by atoms with Crippen LogP contribution in [0.4, 0.5) is 10.1 Å². The molecule has 3 N–H and O–H groups in total. The summed E-state index contributed by atoms with van der Waals surface area (Å²) in [7, 11) is 0. The number of hydrazine groups is 1. The summed E-state index contributed by atoms with van der Waals surface area (Å²) in [6.07, 6.45) is 0. The van der Waals surface area contributed by atoms with Gasteiger partial charge >= 0.3 is 0 Å². The molecule has 2 aromatic rings. The van der Waals surface area contributed by atoms with E-state index in [4.69, 9.17) is 12.2 Å². The largest absolute Gasteiger partial charge is 0.331 e. The lowest BCUT2D eigenvalue weighted by molar-refractivity contribution is 0.0944. The lowest BCUT2D eigenvalue weighted by atomic mass is 10.1. The number of carbonyl (C=O) groups excluding carboxylic acids is 1. The number of anilines is 1. The average Bonchev–Trinajstić information content (AvgIpc) is 2.44. The van der Waals surface area contributed by atoms with Gasteiger partial charge in [0, 0.05) is 11.3 Å². The molecule has 114 valence electrons. The zero-order valence-corrected chi connectivity index (χ0v) is 13.1. The predicted octanol–water partition coefficient (Wildman–Crippen LogP) is 3.07. The summed E-state index contributed by atoms with van der Waals surface area (Å²) >= 11 is 5.11. The summed E-state index contributed by atoms with van der Waals surface area (Å²) in [5.74, 6) is -0.791. The fraction of sp³-hybridized carbons (Fsp3) is 0.125. The summed E-state index contributed by atoms with van der Waals surface area (Å²) in [6.45, 7) is 3.98. The Morgan fingerprint density at radius 3 is 2.18 bits per heavy atom. The van der Waals surface area contributed by atoms with Crippen molar-refractivity contribution in [3.8, 4) is 0 Å². The fourth-order valence-electron chi connectivity index (χ4n) is 2.00. The van der Waals surface area contributed by atoms with Crippen molar-refractivity contribution < 1.29 is 9.18 Å².